The van der Waals surface area contributed by atoms with Crippen LogP contribution in [0.5, 0.6) is 0 Å². The molecule has 0 atom stereocenters. The molecule has 1 N–H and O–H groups in total. The van der Waals surface area contributed by atoms with Crippen LogP contribution in [0.2, 0.25) is 0 Å². The molecule has 5 nitrogen and oxygen atoms in total. The van der Waals surface area contributed by atoms with E-state index >= 15 is 0 Å². The van der Waals surface area contributed by atoms with Gasteiger partial charge in [0.2, 0.25) is 0 Å². The number of nitrogens with zero attached hydrogens (tertiary/aromatic N) is 3. The summed E-state index contributed by atoms with van der Waals surface area (Å²) < 4.78 is 0.205. The molecular weight excluding hydrogens is 296 g/mol. The van der Waals surface area contributed by atoms with Crippen LogP contribution >= 0.6 is 11.8 Å². The number of amides is 1. The molecule has 0 radical (unpaired) electrons. The van der Waals surface area contributed by atoms with Crippen LogP contribution in [0.15, 0.2) is 30.3 Å². The van der Waals surface area contributed by atoms with Gasteiger partial charge in [0.1, 0.15) is 0 Å². The topological polar surface area (TPSA) is 59.8 Å². The molecule has 0 bridgehead atoms. The highest BCUT2D eigenvalue weighted by Crippen LogP contribution is 2.22. The van der Waals surface area contributed by atoms with Crippen molar-refractivity contribution in [1.82, 2.24) is 20.3 Å². The Morgan fingerprint density at radius 2 is 1.91 bits per heavy atom. The van der Waals surface area contributed by atoms with E-state index in [1.165, 1.54) is 4.80 Å². The molecule has 0 aliphatic carbocycles. The van der Waals surface area contributed by atoms with Crippen molar-refractivity contribution in [2.75, 3.05) is 12.3 Å². The lowest BCUT2D eigenvalue weighted by molar-refractivity contribution is 0.0950. The monoisotopic (exact) mass is 318 g/mol. The van der Waals surface area contributed by atoms with Gasteiger partial charge in [-0.05, 0) is 19.1 Å². The van der Waals surface area contributed by atoms with Crippen LogP contribution in [0.1, 0.15) is 37.0 Å². The standard InChI is InChI=1S/C16H22N4OS/c1-12-14(15(21)17-10-11-22-16(2,3)4)19-20(18-12)13-8-6-5-7-9-13/h5-9H,10-11H2,1-4H3,(H,17,21). The fourth-order valence-corrected chi connectivity index (χ4v) is 2.69. The third-order valence-electron chi connectivity index (χ3n) is 2.91. The van der Waals surface area contributed by atoms with E-state index in [9.17, 15) is 4.79 Å². The summed E-state index contributed by atoms with van der Waals surface area (Å²) in [6, 6.07) is 9.57. The first-order valence-electron chi connectivity index (χ1n) is 7.28. The number of thioether (sulfide) groups is 1. The highest BCUT2D eigenvalue weighted by molar-refractivity contribution is 8.00. The van der Waals surface area contributed by atoms with E-state index in [-0.39, 0.29) is 10.7 Å². The lowest BCUT2D eigenvalue weighted by Crippen LogP contribution is -2.28. The molecule has 1 aromatic heterocycles. The molecule has 2 rings (SSSR count). The molecule has 22 heavy (non-hydrogen) atoms. The highest BCUT2D eigenvalue weighted by Gasteiger charge is 2.16. The first kappa shape index (κ1) is 16.5. The lowest BCUT2D eigenvalue weighted by Gasteiger charge is -2.17. The first-order valence-corrected chi connectivity index (χ1v) is 8.27. The van der Waals surface area contributed by atoms with Gasteiger partial charge in [-0.15, -0.1) is 5.10 Å². The Morgan fingerprint density at radius 3 is 2.55 bits per heavy atom. The van der Waals surface area contributed by atoms with Crippen molar-refractivity contribution in [3.63, 3.8) is 0 Å². The average Bonchev–Trinajstić information content (AvgIpc) is 2.85. The van der Waals surface area contributed by atoms with Gasteiger partial charge < -0.3 is 5.32 Å². The van der Waals surface area contributed by atoms with Crippen molar-refractivity contribution in [1.29, 1.82) is 0 Å². The van der Waals surface area contributed by atoms with Gasteiger partial charge in [-0.2, -0.15) is 21.7 Å². The van der Waals surface area contributed by atoms with E-state index in [2.05, 4.69) is 36.3 Å². The molecule has 118 valence electrons. The van der Waals surface area contributed by atoms with Crippen LogP contribution in [0.4, 0.5) is 0 Å². The number of hydrogen-bond acceptors (Lipinski definition) is 4. The Labute approximate surface area is 135 Å². The molecule has 1 aromatic carbocycles. The Bertz CT molecular complexity index is 631. The summed E-state index contributed by atoms with van der Waals surface area (Å²) in [5.74, 6) is 0.704. The van der Waals surface area contributed by atoms with E-state index in [1.54, 1.807) is 6.92 Å². The number of carbonyl (C=O) groups excluding carboxylic acids is 1. The van der Waals surface area contributed by atoms with Gasteiger partial charge in [0.15, 0.2) is 5.69 Å². The van der Waals surface area contributed by atoms with E-state index in [1.807, 2.05) is 42.1 Å². The van der Waals surface area contributed by atoms with Crippen molar-refractivity contribution in [2.24, 2.45) is 0 Å². The average molecular weight is 318 g/mol. The molecule has 0 aliphatic heterocycles. The summed E-state index contributed by atoms with van der Waals surface area (Å²) in [6.45, 7) is 8.91. The van der Waals surface area contributed by atoms with Crippen LogP contribution in [0.3, 0.4) is 0 Å². The van der Waals surface area contributed by atoms with E-state index in [0.717, 1.165) is 11.4 Å². The maximum Gasteiger partial charge on any atom is 0.273 e. The lowest BCUT2D eigenvalue weighted by atomic mass is 10.3. The third-order valence-corrected chi connectivity index (χ3v) is 4.18. The van der Waals surface area contributed by atoms with Crippen molar-refractivity contribution < 1.29 is 4.79 Å². The molecule has 0 unspecified atom stereocenters. The van der Waals surface area contributed by atoms with Crippen LogP contribution in [-0.2, 0) is 0 Å². The summed E-state index contributed by atoms with van der Waals surface area (Å²) in [7, 11) is 0. The van der Waals surface area contributed by atoms with Crippen LogP contribution < -0.4 is 5.32 Å². The summed E-state index contributed by atoms with van der Waals surface area (Å²) in [5.41, 5.74) is 1.85. The molecule has 0 saturated heterocycles. The van der Waals surface area contributed by atoms with Crippen molar-refractivity contribution in [3.8, 4) is 5.69 Å². The Balaban J connectivity index is 1.98. The molecule has 0 saturated carbocycles. The molecule has 0 aliphatic rings. The molecule has 1 amide bonds. The zero-order chi connectivity index (χ0) is 16.2. The van der Waals surface area contributed by atoms with Crippen LogP contribution in [0, 0.1) is 6.92 Å². The van der Waals surface area contributed by atoms with Crippen molar-refractivity contribution in [2.45, 2.75) is 32.4 Å². The number of rotatable bonds is 5. The molecule has 2 aromatic rings. The number of aryl methyl sites for hydroxylation is 1. The first-order chi connectivity index (χ1) is 10.4. The largest absolute Gasteiger partial charge is 0.350 e. The Hall–Kier alpha value is -1.82. The van der Waals surface area contributed by atoms with Gasteiger partial charge in [-0.1, -0.05) is 39.0 Å². The Kier molecular flexibility index (Phi) is 5.24. The Morgan fingerprint density at radius 1 is 1.23 bits per heavy atom. The fourth-order valence-electron chi connectivity index (χ4n) is 1.87. The van der Waals surface area contributed by atoms with Gasteiger partial charge >= 0.3 is 0 Å². The SMILES string of the molecule is Cc1nn(-c2ccccc2)nc1C(=O)NCCSC(C)(C)C. The van der Waals surface area contributed by atoms with Crippen LogP contribution in [-0.4, -0.2) is 37.9 Å². The quantitative estimate of drug-likeness (QED) is 0.861. The van der Waals surface area contributed by atoms with Gasteiger partial charge in [0, 0.05) is 17.0 Å². The minimum Gasteiger partial charge on any atom is -0.350 e. The van der Waals surface area contributed by atoms with Gasteiger partial charge in [0.05, 0.1) is 11.4 Å². The minimum absolute atomic E-state index is 0.172. The second kappa shape index (κ2) is 6.96. The summed E-state index contributed by atoms with van der Waals surface area (Å²) in [5, 5.41) is 11.5. The predicted molar refractivity (Wildman–Crippen MR) is 90.6 cm³/mol. The normalized spacial score (nSPS) is 11.5. The second-order valence-electron chi connectivity index (χ2n) is 5.98. The van der Waals surface area contributed by atoms with Gasteiger partial charge in [-0.25, -0.2) is 0 Å². The molecule has 0 spiro atoms. The number of nitrogens with one attached hydrogen (secondary N) is 1. The van der Waals surface area contributed by atoms with Crippen LogP contribution in [0.25, 0.3) is 5.69 Å². The second-order valence-corrected chi connectivity index (χ2v) is 7.90. The van der Waals surface area contributed by atoms with E-state index in [0.29, 0.717) is 17.9 Å². The number of aromatic nitrogens is 3. The maximum absolute atomic E-state index is 12.2. The number of benzene rings is 1. The predicted octanol–water partition coefficient (Wildman–Crippen LogP) is 2.84. The summed E-state index contributed by atoms with van der Waals surface area (Å²) in [4.78, 5) is 13.7. The summed E-state index contributed by atoms with van der Waals surface area (Å²) >= 11 is 1.82. The molecule has 0 fully saturated rings. The number of carbonyl (C=O) groups is 1. The van der Waals surface area contributed by atoms with E-state index in [4.69, 9.17) is 0 Å². The zero-order valence-electron chi connectivity index (χ0n) is 13.5. The molecule has 6 heteroatoms. The zero-order valence-corrected chi connectivity index (χ0v) is 14.3. The smallest absolute Gasteiger partial charge is 0.273 e. The van der Waals surface area contributed by atoms with Crippen molar-refractivity contribution in [3.05, 3.63) is 41.7 Å². The number of hydrogen-bond donors (Lipinski definition) is 1. The fraction of sp³-hybridized carbons (Fsp3) is 0.438. The molecule has 1 heterocycles. The summed E-state index contributed by atoms with van der Waals surface area (Å²) in [6.07, 6.45) is 0. The highest BCUT2D eigenvalue weighted by atomic mass is 32.2. The third kappa shape index (κ3) is 4.59. The number of para-hydroxylation sites is 1. The van der Waals surface area contributed by atoms with E-state index < -0.39 is 0 Å². The van der Waals surface area contributed by atoms with Crippen molar-refractivity contribution >= 4 is 17.7 Å². The molecular formula is C16H22N4OS. The minimum atomic E-state index is -0.172. The van der Waals surface area contributed by atoms with Gasteiger partial charge in [0.25, 0.3) is 5.91 Å². The maximum atomic E-state index is 12.2. The van der Waals surface area contributed by atoms with Gasteiger partial charge in [-0.3, -0.25) is 4.79 Å².